The molecule has 0 aromatic heterocycles. The summed E-state index contributed by atoms with van der Waals surface area (Å²) in [7, 11) is 4.04. The van der Waals surface area contributed by atoms with Gasteiger partial charge in [-0.25, -0.2) is 0 Å². The second-order valence-electron chi connectivity index (χ2n) is 4.93. The van der Waals surface area contributed by atoms with Crippen LogP contribution in [0.3, 0.4) is 0 Å². The summed E-state index contributed by atoms with van der Waals surface area (Å²) in [6.07, 6.45) is 0. The predicted octanol–water partition coefficient (Wildman–Crippen LogP) is 0.789. The maximum Gasteiger partial charge on any atom is 0.231 e. The van der Waals surface area contributed by atoms with Gasteiger partial charge in [-0.3, -0.25) is 0 Å². The molecule has 1 heterocycles. The van der Waals surface area contributed by atoms with E-state index in [0.717, 1.165) is 25.3 Å². The minimum absolute atomic E-state index is 0.214. The molecular weight excluding hydrogens is 260 g/mol. The Morgan fingerprint density at radius 1 is 1.25 bits per heavy atom. The van der Waals surface area contributed by atoms with E-state index in [1.807, 2.05) is 14.1 Å². The van der Waals surface area contributed by atoms with Crippen LogP contribution in [0.2, 0.25) is 0 Å². The van der Waals surface area contributed by atoms with Crippen molar-refractivity contribution in [2.75, 3.05) is 47.2 Å². The zero-order chi connectivity index (χ0) is 14.4. The fourth-order valence-electron chi connectivity index (χ4n) is 1.83. The third-order valence-corrected chi connectivity index (χ3v) is 3.00. The molecule has 0 amide bonds. The lowest BCUT2D eigenvalue weighted by Gasteiger charge is -2.11. The van der Waals surface area contributed by atoms with Gasteiger partial charge in [-0.2, -0.15) is 0 Å². The van der Waals surface area contributed by atoms with Crippen LogP contribution in [0.1, 0.15) is 5.56 Å². The van der Waals surface area contributed by atoms with Crippen LogP contribution in [0.25, 0.3) is 0 Å². The van der Waals surface area contributed by atoms with Gasteiger partial charge in [0.1, 0.15) is 5.75 Å². The molecule has 0 fully saturated rings. The van der Waals surface area contributed by atoms with E-state index in [-0.39, 0.29) is 12.5 Å². The SMILES string of the molecule is CN(C)CCOCCNCc1cc2c(cc1O)OCO2. The van der Waals surface area contributed by atoms with Gasteiger partial charge in [-0.05, 0) is 20.2 Å². The molecule has 0 spiro atoms. The van der Waals surface area contributed by atoms with Gasteiger partial charge >= 0.3 is 0 Å². The first-order valence-corrected chi connectivity index (χ1v) is 6.71. The number of rotatable bonds is 8. The molecule has 0 unspecified atom stereocenters. The maximum atomic E-state index is 9.86. The Balaban J connectivity index is 1.67. The second-order valence-corrected chi connectivity index (χ2v) is 4.93. The number of fused-ring (bicyclic) bond motifs is 1. The summed E-state index contributed by atoms with van der Waals surface area (Å²) in [4.78, 5) is 2.08. The number of hydrogen-bond acceptors (Lipinski definition) is 6. The third kappa shape index (κ3) is 4.26. The van der Waals surface area contributed by atoms with Gasteiger partial charge in [-0.15, -0.1) is 0 Å². The van der Waals surface area contributed by atoms with Crippen molar-refractivity contribution in [3.05, 3.63) is 17.7 Å². The van der Waals surface area contributed by atoms with Gasteiger partial charge in [0.05, 0.1) is 13.2 Å². The van der Waals surface area contributed by atoms with E-state index in [2.05, 4.69) is 10.2 Å². The third-order valence-electron chi connectivity index (χ3n) is 3.00. The predicted molar refractivity (Wildman–Crippen MR) is 75.3 cm³/mol. The van der Waals surface area contributed by atoms with Crippen LogP contribution in [0, 0.1) is 0 Å². The molecule has 1 aromatic carbocycles. The summed E-state index contributed by atoms with van der Waals surface area (Å²) in [5, 5.41) is 13.1. The van der Waals surface area contributed by atoms with E-state index in [4.69, 9.17) is 14.2 Å². The molecule has 2 N–H and O–H groups in total. The lowest BCUT2D eigenvalue weighted by Crippen LogP contribution is -2.23. The van der Waals surface area contributed by atoms with Gasteiger partial charge < -0.3 is 29.5 Å². The quantitative estimate of drug-likeness (QED) is 0.687. The number of phenols is 1. The normalized spacial score (nSPS) is 13.2. The maximum absolute atomic E-state index is 9.86. The van der Waals surface area contributed by atoms with Crippen LogP contribution >= 0.6 is 0 Å². The molecule has 112 valence electrons. The molecule has 2 rings (SSSR count). The molecule has 0 aliphatic carbocycles. The summed E-state index contributed by atoms with van der Waals surface area (Å²) >= 11 is 0. The molecule has 6 nitrogen and oxygen atoms in total. The van der Waals surface area contributed by atoms with Crippen LogP contribution in [0.15, 0.2) is 12.1 Å². The first-order chi connectivity index (χ1) is 9.66. The highest BCUT2D eigenvalue weighted by Crippen LogP contribution is 2.37. The average molecular weight is 282 g/mol. The van der Waals surface area contributed by atoms with Crippen LogP contribution in [-0.4, -0.2) is 57.2 Å². The fraction of sp³-hybridized carbons (Fsp3) is 0.571. The number of likely N-dealkylation sites (N-methyl/N-ethyl adjacent to an activating group) is 1. The monoisotopic (exact) mass is 282 g/mol. The van der Waals surface area contributed by atoms with E-state index in [0.29, 0.717) is 24.7 Å². The van der Waals surface area contributed by atoms with Gasteiger partial charge in [0, 0.05) is 31.3 Å². The number of benzene rings is 1. The van der Waals surface area contributed by atoms with Crippen molar-refractivity contribution in [3.8, 4) is 17.2 Å². The molecule has 1 aromatic rings. The highest BCUT2D eigenvalue weighted by molar-refractivity contribution is 5.51. The topological polar surface area (TPSA) is 63.2 Å². The highest BCUT2D eigenvalue weighted by Gasteiger charge is 2.16. The summed E-state index contributed by atoms with van der Waals surface area (Å²) < 4.78 is 16.0. The van der Waals surface area contributed by atoms with Crippen LogP contribution in [-0.2, 0) is 11.3 Å². The van der Waals surface area contributed by atoms with Crippen molar-refractivity contribution in [2.24, 2.45) is 0 Å². The van der Waals surface area contributed by atoms with Crippen LogP contribution in [0.5, 0.6) is 17.2 Å². The standard InChI is InChI=1S/C14H22N2O4/c1-16(2)4-6-18-5-3-15-9-11-7-13-14(8-12(11)17)20-10-19-13/h7-8,15,17H,3-6,9-10H2,1-2H3. The number of nitrogens with one attached hydrogen (secondary N) is 1. The Bertz CT molecular complexity index is 437. The summed E-state index contributed by atoms with van der Waals surface area (Å²) in [6, 6.07) is 3.39. The summed E-state index contributed by atoms with van der Waals surface area (Å²) in [5.41, 5.74) is 0.794. The summed E-state index contributed by atoms with van der Waals surface area (Å²) in [5.74, 6) is 1.50. The van der Waals surface area contributed by atoms with Crippen molar-refractivity contribution in [1.29, 1.82) is 0 Å². The molecule has 20 heavy (non-hydrogen) atoms. The van der Waals surface area contributed by atoms with E-state index in [1.165, 1.54) is 0 Å². The highest BCUT2D eigenvalue weighted by atomic mass is 16.7. The number of ether oxygens (including phenoxy) is 3. The molecule has 6 heteroatoms. The van der Waals surface area contributed by atoms with E-state index < -0.39 is 0 Å². The Hall–Kier alpha value is -1.50. The smallest absolute Gasteiger partial charge is 0.231 e. The van der Waals surface area contributed by atoms with Gasteiger partial charge in [0.25, 0.3) is 0 Å². The molecule has 1 aliphatic heterocycles. The average Bonchev–Trinajstić information content (AvgIpc) is 2.84. The van der Waals surface area contributed by atoms with Gasteiger partial charge in [0.15, 0.2) is 11.5 Å². The zero-order valence-corrected chi connectivity index (χ0v) is 12.0. The summed E-state index contributed by atoms with van der Waals surface area (Å²) in [6.45, 7) is 3.82. The molecule has 1 aliphatic rings. The van der Waals surface area contributed by atoms with Crippen molar-refractivity contribution in [2.45, 2.75) is 6.54 Å². The first kappa shape index (κ1) is 14.9. The molecule has 0 atom stereocenters. The number of nitrogens with zero attached hydrogens (tertiary/aromatic N) is 1. The number of hydrogen-bond donors (Lipinski definition) is 2. The molecule has 0 radical (unpaired) electrons. The van der Waals surface area contributed by atoms with Crippen molar-refractivity contribution < 1.29 is 19.3 Å². The Morgan fingerprint density at radius 3 is 2.75 bits per heavy atom. The van der Waals surface area contributed by atoms with Crippen molar-refractivity contribution in [3.63, 3.8) is 0 Å². The second kappa shape index (κ2) is 7.33. The molecule has 0 bridgehead atoms. The van der Waals surface area contributed by atoms with Gasteiger partial charge in [-0.1, -0.05) is 0 Å². The van der Waals surface area contributed by atoms with Crippen molar-refractivity contribution >= 4 is 0 Å². The van der Waals surface area contributed by atoms with E-state index in [1.54, 1.807) is 12.1 Å². The Kier molecular flexibility index (Phi) is 5.46. The largest absolute Gasteiger partial charge is 0.507 e. The first-order valence-electron chi connectivity index (χ1n) is 6.71. The molecule has 0 saturated carbocycles. The zero-order valence-electron chi connectivity index (χ0n) is 12.0. The van der Waals surface area contributed by atoms with Gasteiger partial charge in [0.2, 0.25) is 6.79 Å². The lowest BCUT2D eigenvalue weighted by atomic mass is 10.1. The minimum atomic E-state index is 0.214. The van der Waals surface area contributed by atoms with Crippen LogP contribution in [0.4, 0.5) is 0 Å². The fourth-order valence-corrected chi connectivity index (χ4v) is 1.83. The van der Waals surface area contributed by atoms with Crippen molar-refractivity contribution in [1.82, 2.24) is 10.2 Å². The van der Waals surface area contributed by atoms with Crippen LogP contribution < -0.4 is 14.8 Å². The van der Waals surface area contributed by atoms with E-state index in [9.17, 15) is 5.11 Å². The molecule has 0 saturated heterocycles. The minimum Gasteiger partial charge on any atom is -0.507 e. The van der Waals surface area contributed by atoms with E-state index >= 15 is 0 Å². The number of aromatic hydroxyl groups is 1. The Labute approximate surface area is 119 Å². The lowest BCUT2D eigenvalue weighted by molar-refractivity contribution is 0.119. The Morgan fingerprint density at radius 2 is 2.00 bits per heavy atom. The molecular formula is C14H22N2O4. The number of phenolic OH excluding ortho intramolecular Hbond substituents is 1.